The quantitative estimate of drug-likeness (QED) is 0.776. The number of amidine groups is 1. The van der Waals surface area contributed by atoms with Gasteiger partial charge in [0.2, 0.25) is 0 Å². The molecule has 17 heavy (non-hydrogen) atoms. The van der Waals surface area contributed by atoms with Gasteiger partial charge in [-0.15, -0.1) is 0 Å². The van der Waals surface area contributed by atoms with Crippen LogP contribution in [0.5, 0.6) is 11.5 Å². The lowest BCUT2D eigenvalue weighted by Crippen LogP contribution is -2.28. The molecule has 0 radical (unpaired) electrons. The van der Waals surface area contributed by atoms with Gasteiger partial charge in [-0.25, -0.2) is 4.99 Å². The Labute approximate surface area is 100 Å². The van der Waals surface area contributed by atoms with Crippen LogP contribution in [0.4, 0.5) is 0 Å². The molecular formula is C12H16N2O3. The van der Waals surface area contributed by atoms with E-state index in [1.165, 1.54) is 0 Å². The SMILES string of the molecule is COc1ccc(OCCNC2=NCCO2)cc1. The first kappa shape index (κ1) is 11.6. The van der Waals surface area contributed by atoms with Gasteiger partial charge in [-0.05, 0) is 24.3 Å². The molecule has 0 amide bonds. The van der Waals surface area contributed by atoms with Gasteiger partial charge in [0.25, 0.3) is 6.02 Å². The number of benzene rings is 1. The first-order valence-corrected chi connectivity index (χ1v) is 5.56. The van der Waals surface area contributed by atoms with Crippen LogP contribution in [0.3, 0.4) is 0 Å². The Hall–Kier alpha value is -1.91. The van der Waals surface area contributed by atoms with E-state index in [1.54, 1.807) is 7.11 Å². The predicted molar refractivity (Wildman–Crippen MR) is 64.7 cm³/mol. The number of hydrogen-bond donors (Lipinski definition) is 1. The molecule has 1 N–H and O–H groups in total. The summed E-state index contributed by atoms with van der Waals surface area (Å²) in [6.45, 7) is 2.64. The Morgan fingerprint density at radius 1 is 1.29 bits per heavy atom. The molecule has 1 aliphatic rings. The molecule has 1 aromatic carbocycles. The molecule has 0 fully saturated rings. The summed E-state index contributed by atoms with van der Waals surface area (Å²) in [5.74, 6) is 1.64. The highest BCUT2D eigenvalue weighted by molar-refractivity contribution is 5.74. The fourth-order valence-electron chi connectivity index (χ4n) is 1.44. The summed E-state index contributed by atoms with van der Waals surface area (Å²) in [6.07, 6.45) is 0. The molecule has 0 aliphatic carbocycles. The number of nitrogens with one attached hydrogen (secondary N) is 1. The summed E-state index contributed by atoms with van der Waals surface area (Å²) < 4.78 is 15.8. The summed E-state index contributed by atoms with van der Waals surface area (Å²) in [5.41, 5.74) is 0. The van der Waals surface area contributed by atoms with E-state index in [0.29, 0.717) is 25.8 Å². The summed E-state index contributed by atoms with van der Waals surface area (Å²) in [4.78, 5) is 4.11. The van der Waals surface area contributed by atoms with Crippen LogP contribution in [0.2, 0.25) is 0 Å². The number of nitrogens with zero attached hydrogens (tertiary/aromatic N) is 1. The molecule has 1 aliphatic heterocycles. The highest BCUT2D eigenvalue weighted by atomic mass is 16.5. The Kier molecular flexibility index (Phi) is 4.07. The van der Waals surface area contributed by atoms with Crippen molar-refractivity contribution in [3.8, 4) is 11.5 Å². The molecule has 5 nitrogen and oxygen atoms in total. The van der Waals surface area contributed by atoms with Crippen molar-refractivity contribution >= 4 is 6.02 Å². The fourth-order valence-corrected chi connectivity index (χ4v) is 1.44. The van der Waals surface area contributed by atoms with Crippen LogP contribution in [0.1, 0.15) is 0 Å². The monoisotopic (exact) mass is 236 g/mol. The maximum atomic E-state index is 5.54. The molecule has 0 saturated heterocycles. The minimum absolute atomic E-state index is 0.564. The first-order chi connectivity index (χ1) is 8.38. The van der Waals surface area contributed by atoms with E-state index in [9.17, 15) is 0 Å². The highest BCUT2D eigenvalue weighted by Crippen LogP contribution is 2.16. The number of ether oxygens (including phenoxy) is 3. The Morgan fingerprint density at radius 3 is 2.71 bits per heavy atom. The van der Waals surface area contributed by atoms with Crippen LogP contribution in [-0.2, 0) is 4.74 Å². The predicted octanol–water partition coefficient (Wildman–Crippen LogP) is 1.05. The van der Waals surface area contributed by atoms with Crippen molar-refractivity contribution in [2.75, 3.05) is 33.4 Å². The molecule has 0 unspecified atom stereocenters. The van der Waals surface area contributed by atoms with Gasteiger partial charge in [0, 0.05) is 0 Å². The molecule has 92 valence electrons. The van der Waals surface area contributed by atoms with Crippen molar-refractivity contribution in [3.63, 3.8) is 0 Å². The normalized spacial score (nSPS) is 13.8. The van der Waals surface area contributed by atoms with Crippen LogP contribution in [-0.4, -0.2) is 39.4 Å². The van der Waals surface area contributed by atoms with E-state index in [4.69, 9.17) is 14.2 Å². The molecule has 0 bridgehead atoms. The lowest BCUT2D eigenvalue weighted by molar-refractivity contribution is 0.302. The second kappa shape index (κ2) is 5.98. The molecule has 2 rings (SSSR count). The molecule has 0 atom stereocenters. The Bertz CT molecular complexity index is 376. The molecule has 0 saturated carbocycles. The molecule has 0 spiro atoms. The highest BCUT2D eigenvalue weighted by Gasteiger charge is 2.05. The second-order valence-electron chi connectivity index (χ2n) is 3.49. The van der Waals surface area contributed by atoms with Gasteiger partial charge in [0.15, 0.2) is 0 Å². The van der Waals surface area contributed by atoms with E-state index < -0.39 is 0 Å². The average molecular weight is 236 g/mol. The zero-order valence-electron chi connectivity index (χ0n) is 9.81. The van der Waals surface area contributed by atoms with Crippen LogP contribution >= 0.6 is 0 Å². The van der Waals surface area contributed by atoms with E-state index in [-0.39, 0.29) is 0 Å². The Morgan fingerprint density at radius 2 is 2.06 bits per heavy atom. The Balaban J connectivity index is 1.67. The van der Waals surface area contributed by atoms with Gasteiger partial charge >= 0.3 is 0 Å². The fraction of sp³-hybridized carbons (Fsp3) is 0.417. The molecule has 0 aromatic heterocycles. The van der Waals surface area contributed by atoms with Crippen molar-refractivity contribution in [1.82, 2.24) is 5.32 Å². The first-order valence-electron chi connectivity index (χ1n) is 5.56. The molecule has 5 heteroatoms. The van der Waals surface area contributed by atoms with Crippen molar-refractivity contribution in [2.24, 2.45) is 4.99 Å². The third-order valence-corrected chi connectivity index (χ3v) is 2.29. The van der Waals surface area contributed by atoms with Gasteiger partial charge < -0.3 is 19.5 Å². The van der Waals surface area contributed by atoms with Crippen molar-refractivity contribution < 1.29 is 14.2 Å². The van der Waals surface area contributed by atoms with Crippen LogP contribution in [0, 0.1) is 0 Å². The van der Waals surface area contributed by atoms with E-state index in [2.05, 4.69) is 10.3 Å². The number of methoxy groups -OCH3 is 1. The largest absolute Gasteiger partial charge is 0.497 e. The van der Waals surface area contributed by atoms with E-state index in [1.807, 2.05) is 24.3 Å². The summed E-state index contributed by atoms with van der Waals surface area (Å²) in [5, 5.41) is 3.05. The summed E-state index contributed by atoms with van der Waals surface area (Å²) in [7, 11) is 1.64. The van der Waals surface area contributed by atoms with Crippen molar-refractivity contribution in [1.29, 1.82) is 0 Å². The van der Waals surface area contributed by atoms with Gasteiger partial charge in [-0.3, -0.25) is 0 Å². The summed E-state index contributed by atoms with van der Waals surface area (Å²) in [6, 6.07) is 8.10. The second-order valence-corrected chi connectivity index (χ2v) is 3.49. The molecule has 1 aromatic rings. The van der Waals surface area contributed by atoms with Crippen molar-refractivity contribution in [2.45, 2.75) is 0 Å². The van der Waals surface area contributed by atoms with E-state index in [0.717, 1.165) is 18.0 Å². The standard InChI is InChI=1S/C12H16N2O3/c1-15-10-2-4-11(5-3-10)16-8-6-13-12-14-7-9-17-12/h2-5H,6-9H2,1H3,(H,13,14). The summed E-state index contributed by atoms with van der Waals surface area (Å²) >= 11 is 0. The number of hydrogen-bond acceptors (Lipinski definition) is 5. The molecule has 1 heterocycles. The van der Waals surface area contributed by atoms with Crippen LogP contribution in [0.15, 0.2) is 29.3 Å². The average Bonchev–Trinajstić information content (AvgIpc) is 2.88. The third-order valence-electron chi connectivity index (χ3n) is 2.29. The minimum Gasteiger partial charge on any atom is -0.497 e. The van der Waals surface area contributed by atoms with Gasteiger partial charge in [-0.2, -0.15) is 0 Å². The lowest BCUT2D eigenvalue weighted by atomic mass is 10.3. The maximum Gasteiger partial charge on any atom is 0.284 e. The number of rotatable bonds is 5. The van der Waals surface area contributed by atoms with Crippen LogP contribution < -0.4 is 14.8 Å². The topological polar surface area (TPSA) is 52.1 Å². The third kappa shape index (κ3) is 3.55. The molecular weight excluding hydrogens is 220 g/mol. The maximum absolute atomic E-state index is 5.54. The minimum atomic E-state index is 0.564. The lowest BCUT2D eigenvalue weighted by Gasteiger charge is -2.08. The number of aliphatic imine (C=N–C) groups is 1. The van der Waals surface area contributed by atoms with Gasteiger partial charge in [0.1, 0.15) is 24.7 Å². The van der Waals surface area contributed by atoms with Crippen LogP contribution in [0.25, 0.3) is 0 Å². The van der Waals surface area contributed by atoms with Crippen molar-refractivity contribution in [3.05, 3.63) is 24.3 Å². The zero-order chi connectivity index (χ0) is 11.9. The van der Waals surface area contributed by atoms with E-state index >= 15 is 0 Å². The zero-order valence-corrected chi connectivity index (χ0v) is 9.81. The smallest absolute Gasteiger partial charge is 0.284 e. The van der Waals surface area contributed by atoms with Gasteiger partial charge in [-0.1, -0.05) is 0 Å². The van der Waals surface area contributed by atoms with Gasteiger partial charge in [0.05, 0.1) is 20.2 Å².